The quantitative estimate of drug-likeness (QED) is 0.944. The van der Waals surface area contributed by atoms with Crippen LogP contribution in [0.4, 0.5) is 0 Å². The molecule has 1 N–H and O–H groups in total. The van der Waals surface area contributed by atoms with Crippen molar-refractivity contribution in [2.45, 2.75) is 13.5 Å². The van der Waals surface area contributed by atoms with Crippen molar-refractivity contribution in [3.05, 3.63) is 33.9 Å². The van der Waals surface area contributed by atoms with Gasteiger partial charge in [-0.25, -0.2) is 4.79 Å². The third-order valence-electron chi connectivity index (χ3n) is 3.03. The van der Waals surface area contributed by atoms with Gasteiger partial charge in [-0.15, -0.1) is 0 Å². The van der Waals surface area contributed by atoms with Crippen molar-refractivity contribution < 1.29 is 14.6 Å². The van der Waals surface area contributed by atoms with E-state index in [1.807, 2.05) is 29.7 Å². The van der Waals surface area contributed by atoms with Crippen LogP contribution < -0.4 is 0 Å². The van der Waals surface area contributed by atoms with E-state index in [9.17, 15) is 9.90 Å². The highest BCUT2D eigenvalue weighted by Crippen LogP contribution is 2.32. The summed E-state index contributed by atoms with van der Waals surface area (Å²) < 4.78 is 7.85. The van der Waals surface area contributed by atoms with Crippen molar-refractivity contribution in [2.75, 3.05) is 13.7 Å². The molecule has 0 aliphatic carbocycles. The van der Waals surface area contributed by atoms with Crippen molar-refractivity contribution in [1.29, 1.82) is 0 Å². The van der Waals surface area contributed by atoms with Crippen molar-refractivity contribution in [3.63, 3.8) is 0 Å². The first-order valence-electron chi connectivity index (χ1n) is 5.57. The number of methoxy groups -OCH3 is 1. The van der Waals surface area contributed by atoms with E-state index in [1.54, 1.807) is 7.11 Å². The molecule has 0 unspecified atom stereocenters. The average Bonchev–Trinajstić information content (AvgIpc) is 2.60. The molecule has 0 saturated heterocycles. The Hall–Kier alpha value is -1.33. The lowest BCUT2D eigenvalue weighted by molar-refractivity contribution is 0.0697. The Labute approximate surface area is 113 Å². The fraction of sp³-hybridized carbons (Fsp3) is 0.308. The number of rotatable bonds is 4. The largest absolute Gasteiger partial charge is 0.478 e. The third kappa shape index (κ3) is 2.04. The molecule has 0 bridgehead atoms. The van der Waals surface area contributed by atoms with Gasteiger partial charge in [-0.3, -0.25) is 0 Å². The molecular formula is C13H14BrNO3. The van der Waals surface area contributed by atoms with Gasteiger partial charge >= 0.3 is 5.97 Å². The zero-order chi connectivity index (χ0) is 13.3. The lowest BCUT2D eigenvalue weighted by Crippen LogP contribution is -2.07. The molecule has 0 radical (unpaired) electrons. The van der Waals surface area contributed by atoms with E-state index >= 15 is 0 Å². The molecule has 0 amide bonds. The number of carbonyl (C=O) groups is 1. The zero-order valence-corrected chi connectivity index (χ0v) is 11.8. The van der Waals surface area contributed by atoms with Crippen LogP contribution in [0.1, 0.15) is 16.1 Å². The Morgan fingerprint density at radius 2 is 2.22 bits per heavy atom. The van der Waals surface area contributed by atoms with E-state index in [2.05, 4.69) is 15.9 Å². The van der Waals surface area contributed by atoms with Gasteiger partial charge in [0.25, 0.3) is 0 Å². The van der Waals surface area contributed by atoms with E-state index in [-0.39, 0.29) is 0 Å². The summed E-state index contributed by atoms with van der Waals surface area (Å²) in [5.74, 6) is -0.902. The van der Waals surface area contributed by atoms with Crippen LogP contribution in [0.15, 0.2) is 22.7 Å². The standard InChI is InChI=1S/C13H14BrNO3/c1-8-11(13(16)17)12-9(14)4-3-5-10(12)15(8)6-7-18-2/h3-5H,6-7H2,1-2H3,(H,16,17). The molecule has 0 aliphatic heterocycles. The van der Waals surface area contributed by atoms with Gasteiger partial charge in [-0.1, -0.05) is 22.0 Å². The summed E-state index contributed by atoms with van der Waals surface area (Å²) in [5.41, 5.74) is 2.02. The lowest BCUT2D eigenvalue weighted by atomic mass is 10.1. The zero-order valence-electron chi connectivity index (χ0n) is 10.2. The Balaban J connectivity index is 2.75. The molecule has 1 aromatic heterocycles. The minimum atomic E-state index is -0.902. The third-order valence-corrected chi connectivity index (χ3v) is 3.69. The van der Waals surface area contributed by atoms with Crippen LogP contribution in [0.3, 0.4) is 0 Å². The van der Waals surface area contributed by atoms with Crippen LogP contribution in [0.25, 0.3) is 10.9 Å². The van der Waals surface area contributed by atoms with Crippen molar-refractivity contribution in [3.8, 4) is 0 Å². The number of nitrogens with zero attached hydrogens (tertiary/aromatic N) is 1. The van der Waals surface area contributed by atoms with E-state index in [0.717, 1.165) is 21.1 Å². The summed E-state index contributed by atoms with van der Waals surface area (Å²) >= 11 is 3.42. The van der Waals surface area contributed by atoms with Gasteiger partial charge < -0.3 is 14.4 Å². The van der Waals surface area contributed by atoms with Gasteiger partial charge in [-0.05, 0) is 19.1 Å². The van der Waals surface area contributed by atoms with Gasteiger partial charge in [0.15, 0.2) is 0 Å². The van der Waals surface area contributed by atoms with Gasteiger partial charge in [0.2, 0.25) is 0 Å². The number of carboxylic acid groups (broad SMARTS) is 1. The predicted octanol–water partition coefficient (Wildman–Crippen LogP) is 3.06. The SMILES string of the molecule is COCCn1c(C)c(C(=O)O)c2c(Br)cccc21. The van der Waals surface area contributed by atoms with Crippen LogP contribution in [0, 0.1) is 6.92 Å². The van der Waals surface area contributed by atoms with E-state index in [1.165, 1.54) is 0 Å². The second-order valence-corrected chi connectivity index (χ2v) is 4.90. The monoisotopic (exact) mass is 311 g/mol. The summed E-state index contributed by atoms with van der Waals surface area (Å²) in [5, 5.41) is 10.1. The fourth-order valence-electron chi connectivity index (χ4n) is 2.21. The topological polar surface area (TPSA) is 51.5 Å². The number of halogens is 1. The summed E-state index contributed by atoms with van der Waals surface area (Å²) in [7, 11) is 1.63. The van der Waals surface area contributed by atoms with Gasteiger partial charge in [0.1, 0.15) is 0 Å². The highest BCUT2D eigenvalue weighted by Gasteiger charge is 2.20. The van der Waals surface area contributed by atoms with Crippen LogP contribution in [0.5, 0.6) is 0 Å². The van der Waals surface area contributed by atoms with Crippen LogP contribution in [-0.4, -0.2) is 29.4 Å². The highest BCUT2D eigenvalue weighted by molar-refractivity contribution is 9.10. The average molecular weight is 312 g/mol. The second kappa shape index (κ2) is 5.12. The van der Waals surface area contributed by atoms with E-state index in [0.29, 0.717) is 18.7 Å². The number of benzene rings is 1. The van der Waals surface area contributed by atoms with Crippen LogP contribution >= 0.6 is 15.9 Å². The lowest BCUT2D eigenvalue weighted by Gasteiger charge is -2.07. The predicted molar refractivity (Wildman–Crippen MR) is 73.2 cm³/mol. The number of hydrogen-bond acceptors (Lipinski definition) is 2. The number of aromatic nitrogens is 1. The van der Waals surface area contributed by atoms with Gasteiger partial charge in [0, 0.05) is 29.2 Å². The first-order chi connectivity index (χ1) is 8.57. The first kappa shape index (κ1) is 13.1. The van der Waals surface area contributed by atoms with Crippen molar-refractivity contribution in [2.24, 2.45) is 0 Å². The molecule has 0 atom stereocenters. The summed E-state index contributed by atoms with van der Waals surface area (Å²) in [6.07, 6.45) is 0. The Morgan fingerprint density at radius 3 is 2.83 bits per heavy atom. The minimum Gasteiger partial charge on any atom is -0.478 e. The molecule has 4 nitrogen and oxygen atoms in total. The second-order valence-electron chi connectivity index (χ2n) is 4.04. The normalized spacial score (nSPS) is 11.1. The summed E-state index contributed by atoms with van der Waals surface area (Å²) in [4.78, 5) is 11.4. The highest BCUT2D eigenvalue weighted by atomic mass is 79.9. The van der Waals surface area contributed by atoms with Crippen molar-refractivity contribution >= 4 is 32.8 Å². The molecular weight excluding hydrogens is 298 g/mol. The maximum atomic E-state index is 11.4. The molecule has 0 aliphatic rings. The summed E-state index contributed by atoms with van der Waals surface area (Å²) in [6.45, 7) is 3.02. The molecule has 1 heterocycles. The number of carboxylic acids is 1. The maximum absolute atomic E-state index is 11.4. The van der Waals surface area contributed by atoms with Crippen molar-refractivity contribution in [1.82, 2.24) is 4.57 Å². The minimum absolute atomic E-state index is 0.355. The van der Waals surface area contributed by atoms with E-state index < -0.39 is 5.97 Å². The molecule has 0 saturated carbocycles. The Kier molecular flexibility index (Phi) is 3.73. The molecule has 0 spiro atoms. The van der Waals surface area contributed by atoms with E-state index in [4.69, 9.17) is 4.74 Å². The Morgan fingerprint density at radius 1 is 1.50 bits per heavy atom. The molecule has 5 heteroatoms. The van der Waals surface area contributed by atoms with Crippen LogP contribution in [-0.2, 0) is 11.3 Å². The molecule has 2 aromatic rings. The molecule has 1 aromatic carbocycles. The number of fused-ring (bicyclic) bond motifs is 1. The van der Waals surface area contributed by atoms with Gasteiger partial charge in [-0.2, -0.15) is 0 Å². The first-order valence-corrected chi connectivity index (χ1v) is 6.36. The molecule has 96 valence electrons. The summed E-state index contributed by atoms with van der Waals surface area (Å²) in [6, 6.07) is 5.69. The Bertz CT molecular complexity index is 604. The smallest absolute Gasteiger partial charge is 0.338 e. The fourth-order valence-corrected chi connectivity index (χ4v) is 2.77. The number of ether oxygens (including phenoxy) is 1. The molecule has 0 fully saturated rings. The molecule has 2 rings (SSSR count). The number of hydrogen-bond donors (Lipinski definition) is 1. The number of aromatic carboxylic acids is 1. The molecule has 18 heavy (non-hydrogen) atoms. The maximum Gasteiger partial charge on any atom is 0.338 e. The van der Waals surface area contributed by atoms with Crippen LogP contribution in [0.2, 0.25) is 0 Å². The van der Waals surface area contributed by atoms with Gasteiger partial charge in [0.05, 0.1) is 17.7 Å².